The summed E-state index contributed by atoms with van der Waals surface area (Å²) < 4.78 is 32.1. The number of nitrogens with zero attached hydrogens (tertiary/aromatic N) is 6. The van der Waals surface area contributed by atoms with Gasteiger partial charge in [-0.1, -0.05) is 74.3 Å². The average molecular weight is 1080 g/mol. The summed E-state index contributed by atoms with van der Waals surface area (Å²) in [5.41, 5.74) is 5.77. The van der Waals surface area contributed by atoms with Crippen molar-refractivity contribution >= 4 is 63.7 Å². The lowest BCUT2D eigenvalue weighted by Crippen LogP contribution is -2.50. The van der Waals surface area contributed by atoms with Gasteiger partial charge in [0.1, 0.15) is 37.7 Å². The Hall–Kier alpha value is -5.44. The van der Waals surface area contributed by atoms with E-state index in [1.165, 1.54) is 4.90 Å². The smallest absolute Gasteiger partial charge is 0.248 e. The maximum atomic E-state index is 14.1. The minimum atomic E-state index is -1.15. The highest BCUT2D eigenvalue weighted by Gasteiger charge is 2.46. The number of ketones is 1. The topological polar surface area (TPSA) is 187 Å². The van der Waals surface area contributed by atoms with Gasteiger partial charge < -0.3 is 53.4 Å². The van der Waals surface area contributed by atoms with Crippen LogP contribution in [0.5, 0.6) is 5.75 Å². The lowest BCUT2D eigenvalue weighted by Gasteiger charge is -2.36. The standard InChI is InChI=1S/C54H65Cl2N7O10S/c1-35(37-6-8-38(9-7-37)50-36(2)58-34-74-50)59-51(67)48-26-41(64)27-63(48)52(68)46(53(3,4)5)25-42(65)28-69-22-23-70-31-49(66)62-20-18-61(19-21-62)40-11-13-43(14-12-40)71-29-44-30-72-54(73-44,32-60-17-16-57-33-60)45-15-10-39(55)24-47(45)56/h6-17,24,33-35,41,44,46,48,64H,18-23,25-32H2,1-5H3,(H,59,67)/t35-,41+,44-,46+,48-,54-/m0/s1. The fourth-order valence-electron chi connectivity index (χ4n) is 9.54. The van der Waals surface area contributed by atoms with E-state index in [1.54, 1.807) is 40.9 Å². The van der Waals surface area contributed by atoms with Gasteiger partial charge in [-0.05, 0) is 66.8 Å². The number of carbonyl (C=O) groups is 4. The molecule has 5 aromatic rings. The third kappa shape index (κ3) is 13.7. The van der Waals surface area contributed by atoms with Crippen LogP contribution in [-0.2, 0) is 50.5 Å². The van der Waals surface area contributed by atoms with Crippen LogP contribution in [0.15, 0.2) is 91.0 Å². The normalized spacial score (nSPS) is 20.9. The van der Waals surface area contributed by atoms with Crippen LogP contribution < -0.4 is 15.0 Å². The largest absolute Gasteiger partial charge is 0.491 e. The third-order valence-corrected chi connectivity index (χ3v) is 15.2. The van der Waals surface area contributed by atoms with Crippen molar-refractivity contribution in [3.8, 4) is 16.2 Å². The molecular formula is C54H65Cl2N7O10S. The van der Waals surface area contributed by atoms with Crippen LogP contribution in [0, 0.1) is 18.3 Å². The molecule has 3 aromatic carbocycles. The van der Waals surface area contributed by atoms with Crippen molar-refractivity contribution in [2.24, 2.45) is 11.3 Å². The molecule has 2 N–H and O–H groups in total. The van der Waals surface area contributed by atoms with E-state index < -0.39 is 29.3 Å². The molecule has 5 heterocycles. The second-order valence-electron chi connectivity index (χ2n) is 20.1. The molecule has 0 unspecified atom stereocenters. The number of rotatable bonds is 21. The Morgan fingerprint density at radius 2 is 1.70 bits per heavy atom. The van der Waals surface area contributed by atoms with E-state index in [0.717, 1.165) is 27.4 Å². The van der Waals surface area contributed by atoms with Gasteiger partial charge in [0.2, 0.25) is 23.5 Å². The quantitative estimate of drug-likeness (QED) is 0.0709. The van der Waals surface area contributed by atoms with Crippen LogP contribution in [-0.4, -0.2) is 144 Å². The van der Waals surface area contributed by atoms with E-state index >= 15 is 0 Å². The first-order chi connectivity index (χ1) is 35.5. The molecule has 0 saturated carbocycles. The molecule has 3 amide bonds. The Labute approximate surface area is 446 Å². The average Bonchev–Trinajstić information content (AvgIpc) is 4.22. The maximum Gasteiger partial charge on any atom is 0.248 e. The minimum absolute atomic E-state index is 0.00311. The van der Waals surface area contributed by atoms with E-state index in [0.29, 0.717) is 60.7 Å². The van der Waals surface area contributed by atoms with Gasteiger partial charge in [0.15, 0.2) is 5.78 Å². The Morgan fingerprint density at radius 1 is 0.973 bits per heavy atom. The summed E-state index contributed by atoms with van der Waals surface area (Å²) in [4.78, 5) is 69.1. The van der Waals surface area contributed by atoms with E-state index in [9.17, 15) is 24.3 Å². The van der Waals surface area contributed by atoms with Gasteiger partial charge >= 0.3 is 0 Å². The molecule has 8 rings (SSSR count). The predicted molar refractivity (Wildman–Crippen MR) is 281 cm³/mol. The number of carbonyl (C=O) groups excluding carboxylic acids is 4. The van der Waals surface area contributed by atoms with Crippen LogP contribution in [0.3, 0.4) is 0 Å². The highest BCUT2D eigenvalue weighted by atomic mass is 35.5. The summed E-state index contributed by atoms with van der Waals surface area (Å²) >= 11 is 14.4. The Bertz CT molecular complexity index is 2700. The van der Waals surface area contributed by atoms with Gasteiger partial charge in [0.25, 0.3) is 0 Å². The molecule has 0 radical (unpaired) electrons. The predicted octanol–water partition coefficient (Wildman–Crippen LogP) is 7.11. The van der Waals surface area contributed by atoms with Crippen molar-refractivity contribution in [2.45, 2.75) is 84.1 Å². The minimum Gasteiger partial charge on any atom is -0.491 e. The van der Waals surface area contributed by atoms with E-state index in [-0.39, 0.29) is 88.1 Å². The molecule has 2 aromatic heterocycles. The number of amides is 3. The number of aliphatic hydroxyl groups is 1. The number of aryl methyl sites for hydroxylation is 1. The second-order valence-corrected chi connectivity index (χ2v) is 21.8. The number of likely N-dealkylation sites (tertiary alicyclic amines) is 1. The number of imidazole rings is 1. The number of anilines is 1. The molecule has 3 saturated heterocycles. The molecular weight excluding hydrogens is 1010 g/mol. The zero-order valence-corrected chi connectivity index (χ0v) is 44.7. The van der Waals surface area contributed by atoms with Crippen LogP contribution >= 0.6 is 34.5 Å². The maximum absolute atomic E-state index is 14.1. The second kappa shape index (κ2) is 24.5. The fraction of sp³-hybridized carbons (Fsp3) is 0.481. The van der Waals surface area contributed by atoms with Gasteiger partial charge in [-0.3, -0.25) is 19.2 Å². The summed E-state index contributed by atoms with van der Waals surface area (Å²) in [5.74, 6) is -2.36. The number of aliphatic hydroxyl groups excluding tert-OH is 1. The first kappa shape index (κ1) is 54.8. The number of thiazole rings is 1. The lowest BCUT2D eigenvalue weighted by atomic mass is 9.77. The molecule has 3 fully saturated rings. The molecule has 74 heavy (non-hydrogen) atoms. The van der Waals surface area contributed by atoms with Gasteiger partial charge in [0.05, 0.1) is 65.9 Å². The molecule has 3 aliphatic rings. The molecule has 6 atom stereocenters. The monoisotopic (exact) mass is 1070 g/mol. The van der Waals surface area contributed by atoms with Gasteiger partial charge in [-0.25, -0.2) is 9.97 Å². The number of benzene rings is 3. The lowest BCUT2D eigenvalue weighted by molar-refractivity contribution is -0.189. The number of Topliss-reactive ketones (excluding diaryl/α,β-unsaturated/α-hetero) is 1. The van der Waals surface area contributed by atoms with Gasteiger partial charge in [0, 0.05) is 80.2 Å². The highest BCUT2D eigenvalue weighted by molar-refractivity contribution is 7.13. The SMILES string of the molecule is Cc1ncsc1-c1ccc([C@H](C)NC(=O)[C@@H]2C[C@@H](O)CN2C(=O)[C@@H](CC(=O)COCCOCC(=O)N2CCN(c3ccc(OC[C@H]4CO[C@](Cn5ccnc5)(c5ccc(Cl)cc5Cl)O4)cc3)CC2)C(C)(C)C)cc1. The molecule has 3 aliphatic heterocycles. The summed E-state index contributed by atoms with van der Waals surface area (Å²) in [6.45, 7) is 12.5. The fourth-order valence-corrected chi connectivity index (χ4v) is 10.9. The summed E-state index contributed by atoms with van der Waals surface area (Å²) in [7, 11) is 0. The first-order valence-corrected chi connectivity index (χ1v) is 26.5. The van der Waals surface area contributed by atoms with Crippen molar-refractivity contribution in [1.29, 1.82) is 0 Å². The number of hydrogen-bond donors (Lipinski definition) is 2. The van der Waals surface area contributed by atoms with E-state index in [2.05, 4.69) is 20.2 Å². The molecule has 17 nitrogen and oxygen atoms in total. The van der Waals surface area contributed by atoms with Crippen molar-refractivity contribution in [2.75, 3.05) is 77.3 Å². The number of β-amino-alcohol motifs (C(OH)–C–C–N with tert-alkyl or cyclic N) is 1. The Balaban J connectivity index is 0.721. The summed E-state index contributed by atoms with van der Waals surface area (Å²) in [5, 5.41) is 14.7. The summed E-state index contributed by atoms with van der Waals surface area (Å²) in [6.07, 6.45) is 3.98. The Kier molecular flexibility index (Phi) is 18.1. The highest BCUT2D eigenvalue weighted by Crippen LogP contribution is 2.41. The number of ether oxygens (including phenoxy) is 5. The first-order valence-electron chi connectivity index (χ1n) is 24.9. The Morgan fingerprint density at radius 3 is 2.36 bits per heavy atom. The van der Waals surface area contributed by atoms with Crippen LogP contribution in [0.25, 0.3) is 10.4 Å². The zero-order chi connectivity index (χ0) is 52.6. The number of piperazine rings is 1. The number of nitrogens with one attached hydrogen (secondary N) is 1. The molecule has 0 bridgehead atoms. The van der Waals surface area contributed by atoms with Crippen molar-refractivity contribution in [3.05, 3.63) is 118 Å². The molecule has 20 heteroatoms. The summed E-state index contributed by atoms with van der Waals surface area (Å²) in [6, 6.07) is 19.7. The van der Waals surface area contributed by atoms with Crippen LogP contribution in [0.2, 0.25) is 10.0 Å². The number of hydrogen-bond acceptors (Lipinski definition) is 14. The third-order valence-electron chi connectivity index (χ3n) is 13.7. The molecule has 396 valence electrons. The van der Waals surface area contributed by atoms with Crippen LogP contribution in [0.4, 0.5) is 5.69 Å². The van der Waals surface area contributed by atoms with Crippen molar-refractivity contribution < 1.29 is 48.0 Å². The van der Waals surface area contributed by atoms with Crippen molar-refractivity contribution in [1.82, 2.24) is 29.7 Å². The number of aromatic nitrogens is 3. The van der Waals surface area contributed by atoms with Crippen LogP contribution in [0.1, 0.15) is 63.4 Å². The molecule has 0 spiro atoms. The van der Waals surface area contributed by atoms with E-state index in [4.69, 9.17) is 46.9 Å². The molecule has 0 aliphatic carbocycles. The van der Waals surface area contributed by atoms with Gasteiger partial charge in [-0.15, -0.1) is 11.3 Å². The van der Waals surface area contributed by atoms with Crippen molar-refractivity contribution in [3.63, 3.8) is 0 Å². The number of halogens is 2. The van der Waals surface area contributed by atoms with E-state index in [1.807, 2.05) is 105 Å². The van der Waals surface area contributed by atoms with Gasteiger partial charge in [-0.2, -0.15) is 0 Å². The zero-order valence-electron chi connectivity index (χ0n) is 42.4.